The van der Waals surface area contributed by atoms with Crippen LogP contribution in [-0.2, 0) is 25.6 Å². The molecule has 1 fully saturated rings. The van der Waals surface area contributed by atoms with Crippen LogP contribution < -0.4 is 21.7 Å². The van der Waals surface area contributed by atoms with Gasteiger partial charge in [0.2, 0.25) is 11.8 Å². The van der Waals surface area contributed by atoms with Crippen LogP contribution in [0.1, 0.15) is 35.2 Å². The van der Waals surface area contributed by atoms with Gasteiger partial charge in [0, 0.05) is 12.0 Å². The lowest BCUT2D eigenvalue weighted by Gasteiger charge is -2.23. The van der Waals surface area contributed by atoms with Crippen LogP contribution in [0.4, 0.5) is 0 Å². The number of aliphatic imine (C=N–C) groups is 1. The van der Waals surface area contributed by atoms with Crippen LogP contribution in [0.15, 0.2) is 29.3 Å². The first-order valence-corrected chi connectivity index (χ1v) is 9.94. The zero-order valence-electron chi connectivity index (χ0n) is 16.9. The van der Waals surface area contributed by atoms with Gasteiger partial charge in [-0.3, -0.25) is 24.5 Å². The van der Waals surface area contributed by atoms with Gasteiger partial charge in [-0.1, -0.05) is 12.1 Å². The molecule has 1 saturated heterocycles. The Hall–Kier alpha value is -3.96. The molecule has 3 amide bonds. The Morgan fingerprint density at radius 1 is 1.12 bits per heavy atom. The molecule has 7 N–H and O–H groups in total. The highest BCUT2D eigenvalue weighted by Crippen LogP contribution is 2.30. The molecule has 12 nitrogen and oxygen atoms in total. The SMILES string of the molecule is NC1=NC2NC(=O)C(CCc3ccc(C(=O)NC(CCC(=O)O)C(=O)O)cc3)C2C(=O)N1. The minimum absolute atomic E-state index is 0.0286. The van der Waals surface area contributed by atoms with E-state index in [4.69, 9.17) is 15.9 Å². The van der Waals surface area contributed by atoms with Crippen molar-refractivity contribution in [2.75, 3.05) is 0 Å². The largest absolute Gasteiger partial charge is 0.481 e. The predicted molar refractivity (Wildman–Crippen MR) is 109 cm³/mol. The van der Waals surface area contributed by atoms with Crippen molar-refractivity contribution in [3.8, 4) is 0 Å². The summed E-state index contributed by atoms with van der Waals surface area (Å²) in [6.45, 7) is 0. The topological polar surface area (TPSA) is 200 Å². The van der Waals surface area contributed by atoms with Gasteiger partial charge in [0.1, 0.15) is 12.2 Å². The minimum Gasteiger partial charge on any atom is -0.481 e. The summed E-state index contributed by atoms with van der Waals surface area (Å²) in [5.74, 6) is -4.97. The predicted octanol–water partition coefficient (Wildman–Crippen LogP) is -1.20. The maximum atomic E-state index is 12.3. The van der Waals surface area contributed by atoms with Crippen molar-refractivity contribution >= 4 is 35.6 Å². The van der Waals surface area contributed by atoms with E-state index in [9.17, 15) is 24.0 Å². The Morgan fingerprint density at radius 3 is 2.44 bits per heavy atom. The summed E-state index contributed by atoms with van der Waals surface area (Å²) in [5.41, 5.74) is 6.56. The van der Waals surface area contributed by atoms with Crippen molar-refractivity contribution in [3.05, 3.63) is 35.4 Å². The molecule has 1 aromatic carbocycles. The number of nitrogens with one attached hydrogen (secondary N) is 3. The molecule has 0 saturated carbocycles. The second kappa shape index (κ2) is 9.45. The van der Waals surface area contributed by atoms with Gasteiger partial charge in [0.15, 0.2) is 5.96 Å². The Kier molecular flexibility index (Phi) is 6.71. The molecule has 4 unspecified atom stereocenters. The molecule has 2 heterocycles. The van der Waals surface area contributed by atoms with Crippen LogP contribution in [0.3, 0.4) is 0 Å². The van der Waals surface area contributed by atoms with Gasteiger partial charge in [-0.15, -0.1) is 0 Å². The van der Waals surface area contributed by atoms with Crippen LogP contribution in [0, 0.1) is 11.8 Å². The van der Waals surface area contributed by atoms with E-state index in [1.165, 1.54) is 12.1 Å². The van der Waals surface area contributed by atoms with Crippen LogP contribution >= 0.6 is 0 Å². The number of carboxylic acid groups (broad SMARTS) is 2. The number of nitrogens with two attached hydrogens (primary N) is 1. The Morgan fingerprint density at radius 2 is 1.81 bits per heavy atom. The van der Waals surface area contributed by atoms with Gasteiger partial charge < -0.3 is 26.6 Å². The highest BCUT2D eigenvalue weighted by atomic mass is 16.4. The van der Waals surface area contributed by atoms with Gasteiger partial charge >= 0.3 is 11.9 Å². The molecule has 32 heavy (non-hydrogen) atoms. The zero-order valence-corrected chi connectivity index (χ0v) is 16.9. The van der Waals surface area contributed by atoms with Crippen LogP contribution in [0.25, 0.3) is 0 Å². The lowest BCUT2D eigenvalue weighted by atomic mass is 9.87. The Bertz CT molecular complexity index is 975. The Balaban J connectivity index is 1.58. The number of hydrogen-bond donors (Lipinski definition) is 6. The average Bonchev–Trinajstić information content (AvgIpc) is 3.04. The highest BCUT2D eigenvalue weighted by Gasteiger charge is 2.48. The summed E-state index contributed by atoms with van der Waals surface area (Å²) < 4.78 is 0. The van der Waals surface area contributed by atoms with E-state index in [2.05, 4.69) is 20.9 Å². The number of carbonyl (C=O) groups is 5. The van der Waals surface area contributed by atoms with Crippen molar-refractivity contribution in [1.82, 2.24) is 16.0 Å². The third-order valence-corrected chi connectivity index (χ3v) is 5.44. The van der Waals surface area contributed by atoms with E-state index in [0.29, 0.717) is 12.8 Å². The van der Waals surface area contributed by atoms with Crippen LogP contribution in [-0.4, -0.2) is 58.0 Å². The summed E-state index contributed by atoms with van der Waals surface area (Å²) in [6.07, 6.45) is -0.439. The van der Waals surface area contributed by atoms with E-state index in [1.807, 2.05) is 0 Å². The average molecular weight is 445 g/mol. The zero-order chi connectivity index (χ0) is 23.4. The summed E-state index contributed by atoms with van der Waals surface area (Å²) >= 11 is 0. The number of aliphatic carboxylic acids is 2. The minimum atomic E-state index is -1.32. The number of carboxylic acids is 2. The van der Waals surface area contributed by atoms with Gasteiger partial charge in [-0.05, 0) is 37.0 Å². The maximum Gasteiger partial charge on any atom is 0.326 e. The molecule has 0 spiro atoms. The van der Waals surface area contributed by atoms with Gasteiger partial charge in [-0.2, -0.15) is 0 Å². The summed E-state index contributed by atoms with van der Waals surface area (Å²) in [6, 6.07) is 5.05. The number of guanidine groups is 1. The summed E-state index contributed by atoms with van der Waals surface area (Å²) in [5, 5.41) is 25.3. The molecule has 170 valence electrons. The number of carbonyl (C=O) groups excluding carboxylic acids is 3. The van der Waals surface area contributed by atoms with Crippen molar-refractivity contribution < 1.29 is 34.2 Å². The smallest absolute Gasteiger partial charge is 0.326 e. The summed E-state index contributed by atoms with van der Waals surface area (Å²) in [4.78, 5) is 62.7. The number of rotatable bonds is 9. The van der Waals surface area contributed by atoms with E-state index >= 15 is 0 Å². The Labute approximate surface area is 182 Å². The summed E-state index contributed by atoms with van der Waals surface area (Å²) in [7, 11) is 0. The fourth-order valence-electron chi connectivity index (χ4n) is 3.78. The third kappa shape index (κ3) is 5.20. The highest BCUT2D eigenvalue weighted by molar-refractivity contribution is 6.03. The molecule has 1 aromatic rings. The van der Waals surface area contributed by atoms with Gasteiger partial charge in [-0.25, -0.2) is 9.79 Å². The number of amides is 3. The number of benzene rings is 1. The molecule has 0 bridgehead atoms. The standard InChI is InChI=1S/C20H23N5O7/c21-20-24-15-14(18(30)25-20)11(17(29)23-15)6-3-9-1-4-10(5-2-9)16(28)22-12(19(31)32)7-8-13(26)27/h1-2,4-5,11-12,14-15H,3,6-8H2,(H,22,28)(H,23,29)(H,26,27)(H,31,32)(H3,21,24,25,30). The number of hydrogen-bond acceptors (Lipinski definition) is 7. The first-order chi connectivity index (χ1) is 15.2. The number of fused-ring (bicyclic) bond motifs is 1. The first-order valence-electron chi connectivity index (χ1n) is 9.94. The van der Waals surface area contributed by atoms with Crippen LogP contribution in [0.2, 0.25) is 0 Å². The fourth-order valence-corrected chi connectivity index (χ4v) is 3.78. The second-order valence-corrected chi connectivity index (χ2v) is 7.62. The number of nitrogens with zero attached hydrogens (tertiary/aromatic N) is 1. The molecule has 0 aliphatic carbocycles. The lowest BCUT2D eigenvalue weighted by Crippen LogP contribution is -2.50. The molecule has 2 aliphatic rings. The van der Waals surface area contributed by atoms with E-state index < -0.39 is 41.9 Å². The third-order valence-electron chi connectivity index (χ3n) is 5.44. The van der Waals surface area contributed by atoms with E-state index in [-0.39, 0.29) is 36.2 Å². The van der Waals surface area contributed by atoms with Crippen molar-refractivity contribution in [2.24, 2.45) is 22.6 Å². The molecule has 2 aliphatic heterocycles. The van der Waals surface area contributed by atoms with Gasteiger partial charge in [0.05, 0.1) is 11.8 Å². The normalized spacial score (nSPS) is 22.8. The molecular weight excluding hydrogens is 422 g/mol. The van der Waals surface area contributed by atoms with Gasteiger partial charge in [0.25, 0.3) is 5.91 Å². The fraction of sp³-hybridized carbons (Fsp3) is 0.400. The molecule has 12 heteroatoms. The second-order valence-electron chi connectivity index (χ2n) is 7.62. The molecular formula is C20H23N5O7. The molecule has 3 rings (SSSR count). The lowest BCUT2D eigenvalue weighted by molar-refractivity contribution is -0.140. The number of aryl methyl sites for hydroxylation is 1. The maximum absolute atomic E-state index is 12.3. The molecule has 0 aromatic heterocycles. The van der Waals surface area contributed by atoms with Crippen molar-refractivity contribution in [2.45, 2.75) is 37.9 Å². The monoisotopic (exact) mass is 445 g/mol. The molecule has 0 radical (unpaired) electrons. The van der Waals surface area contributed by atoms with E-state index in [0.717, 1.165) is 5.56 Å². The van der Waals surface area contributed by atoms with Crippen molar-refractivity contribution in [3.63, 3.8) is 0 Å². The first kappa shape index (κ1) is 22.7. The van der Waals surface area contributed by atoms with E-state index in [1.54, 1.807) is 12.1 Å². The quantitative estimate of drug-likeness (QED) is 0.272. The molecule has 4 atom stereocenters. The van der Waals surface area contributed by atoms with Crippen molar-refractivity contribution in [1.29, 1.82) is 0 Å². The van der Waals surface area contributed by atoms with Crippen LogP contribution in [0.5, 0.6) is 0 Å².